The molecule has 0 saturated carbocycles. The van der Waals surface area contributed by atoms with Crippen LogP contribution in [0.2, 0.25) is 0 Å². The van der Waals surface area contributed by atoms with Crippen LogP contribution in [0, 0.1) is 10.1 Å². The van der Waals surface area contributed by atoms with Crippen LogP contribution in [0.15, 0.2) is 30.6 Å². The molecule has 1 fully saturated rings. The number of aromatic nitrogens is 2. The first-order valence-corrected chi connectivity index (χ1v) is 8.94. The zero-order valence-corrected chi connectivity index (χ0v) is 14.9. The number of nitrogens with zero attached hydrogens (tertiary/aromatic N) is 4. The third-order valence-electron chi connectivity index (χ3n) is 4.33. The van der Waals surface area contributed by atoms with Crippen LogP contribution in [0.3, 0.4) is 0 Å². The van der Waals surface area contributed by atoms with E-state index in [1.807, 2.05) is 36.1 Å². The molecule has 1 aliphatic rings. The van der Waals surface area contributed by atoms with Crippen molar-refractivity contribution < 1.29 is 9.66 Å². The molecule has 26 heavy (non-hydrogen) atoms. The van der Waals surface area contributed by atoms with Gasteiger partial charge in [0.25, 0.3) is 0 Å². The SMILES string of the molecule is CCOc1ccccc1Nc1ncnc(N2CCCCCC2)c1[N+](=O)[O-]. The molecule has 3 rings (SSSR count). The third kappa shape index (κ3) is 4.01. The number of anilines is 3. The maximum Gasteiger partial charge on any atom is 0.353 e. The fourth-order valence-corrected chi connectivity index (χ4v) is 3.12. The average Bonchev–Trinajstić information content (AvgIpc) is 2.92. The maximum atomic E-state index is 11.8. The Bertz CT molecular complexity index is 760. The molecular formula is C18H23N5O3. The molecule has 0 aliphatic carbocycles. The van der Waals surface area contributed by atoms with Crippen molar-refractivity contribution in [3.8, 4) is 5.75 Å². The van der Waals surface area contributed by atoms with Gasteiger partial charge in [-0.05, 0) is 31.9 Å². The van der Waals surface area contributed by atoms with Gasteiger partial charge in [0.1, 0.15) is 12.1 Å². The number of para-hydroxylation sites is 2. The van der Waals surface area contributed by atoms with E-state index >= 15 is 0 Å². The predicted octanol–water partition coefficient (Wildman–Crippen LogP) is 3.91. The molecule has 8 nitrogen and oxygen atoms in total. The van der Waals surface area contributed by atoms with Gasteiger partial charge in [-0.2, -0.15) is 0 Å². The summed E-state index contributed by atoms with van der Waals surface area (Å²) in [5.41, 5.74) is 0.540. The fourth-order valence-electron chi connectivity index (χ4n) is 3.12. The van der Waals surface area contributed by atoms with Crippen molar-refractivity contribution in [3.63, 3.8) is 0 Å². The summed E-state index contributed by atoms with van der Waals surface area (Å²) in [4.78, 5) is 21.7. The van der Waals surface area contributed by atoms with Crippen LogP contribution in [0.25, 0.3) is 0 Å². The molecule has 1 aromatic heterocycles. The monoisotopic (exact) mass is 357 g/mol. The van der Waals surface area contributed by atoms with Crippen LogP contribution in [-0.4, -0.2) is 34.6 Å². The topological polar surface area (TPSA) is 93.4 Å². The number of ether oxygens (including phenoxy) is 1. The predicted molar refractivity (Wildman–Crippen MR) is 100 cm³/mol. The van der Waals surface area contributed by atoms with E-state index in [9.17, 15) is 10.1 Å². The minimum absolute atomic E-state index is 0.0966. The van der Waals surface area contributed by atoms with E-state index < -0.39 is 4.92 Å². The number of hydrogen-bond acceptors (Lipinski definition) is 7. The van der Waals surface area contributed by atoms with Crippen LogP contribution in [0.5, 0.6) is 5.75 Å². The van der Waals surface area contributed by atoms with Crippen LogP contribution in [0.1, 0.15) is 32.6 Å². The molecule has 1 saturated heterocycles. The molecular weight excluding hydrogens is 334 g/mol. The summed E-state index contributed by atoms with van der Waals surface area (Å²) in [6.07, 6.45) is 5.68. The lowest BCUT2D eigenvalue weighted by atomic mass is 10.2. The van der Waals surface area contributed by atoms with E-state index in [1.165, 1.54) is 6.33 Å². The van der Waals surface area contributed by atoms with Crippen molar-refractivity contribution in [1.29, 1.82) is 0 Å². The number of benzene rings is 1. The molecule has 0 atom stereocenters. The molecule has 1 aromatic carbocycles. The zero-order valence-electron chi connectivity index (χ0n) is 14.9. The lowest BCUT2D eigenvalue weighted by molar-refractivity contribution is -0.383. The first kappa shape index (κ1) is 17.9. The van der Waals surface area contributed by atoms with Gasteiger partial charge in [-0.3, -0.25) is 10.1 Å². The molecule has 0 amide bonds. The van der Waals surface area contributed by atoms with Crippen molar-refractivity contribution >= 4 is 23.0 Å². The summed E-state index contributed by atoms with van der Waals surface area (Å²) in [7, 11) is 0. The third-order valence-corrected chi connectivity index (χ3v) is 4.33. The first-order chi connectivity index (χ1) is 12.7. The largest absolute Gasteiger partial charge is 0.492 e. The van der Waals surface area contributed by atoms with Crippen LogP contribution >= 0.6 is 0 Å². The second-order valence-electron chi connectivity index (χ2n) is 6.11. The van der Waals surface area contributed by atoms with Gasteiger partial charge in [0, 0.05) is 13.1 Å². The maximum absolute atomic E-state index is 11.8. The minimum Gasteiger partial charge on any atom is -0.492 e. The van der Waals surface area contributed by atoms with E-state index in [0.717, 1.165) is 38.8 Å². The summed E-state index contributed by atoms with van der Waals surface area (Å²) < 4.78 is 5.59. The Balaban J connectivity index is 1.97. The molecule has 1 aliphatic heterocycles. The van der Waals surface area contributed by atoms with E-state index in [2.05, 4.69) is 15.3 Å². The van der Waals surface area contributed by atoms with Gasteiger partial charge in [-0.1, -0.05) is 25.0 Å². The molecule has 8 heteroatoms. The zero-order chi connectivity index (χ0) is 18.4. The second kappa shape index (κ2) is 8.46. The van der Waals surface area contributed by atoms with Crippen LogP contribution in [-0.2, 0) is 0 Å². The molecule has 2 aromatic rings. The highest BCUT2D eigenvalue weighted by Gasteiger charge is 2.28. The Hall–Kier alpha value is -2.90. The molecule has 0 unspecified atom stereocenters. The van der Waals surface area contributed by atoms with Crippen LogP contribution < -0.4 is 15.0 Å². The van der Waals surface area contributed by atoms with E-state index in [0.29, 0.717) is 23.9 Å². The quantitative estimate of drug-likeness (QED) is 0.619. The number of hydrogen-bond donors (Lipinski definition) is 1. The average molecular weight is 357 g/mol. The highest BCUT2D eigenvalue weighted by atomic mass is 16.6. The molecule has 0 radical (unpaired) electrons. The molecule has 1 N–H and O–H groups in total. The Morgan fingerprint density at radius 2 is 1.92 bits per heavy atom. The molecule has 138 valence electrons. The first-order valence-electron chi connectivity index (χ1n) is 8.94. The van der Waals surface area contributed by atoms with Gasteiger partial charge in [-0.25, -0.2) is 9.97 Å². The number of nitrogens with one attached hydrogen (secondary N) is 1. The standard InChI is InChI=1S/C18H23N5O3/c1-2-26-15-10-6-5-9-14(15)21-17-16(23(24)25)18(20-13-19-17)22-11-7-3-4-8-12-22/h5-6,9-10,13H,2-4,7-8,11-12H2,1H3,(H,19,20,21). The van der Waals surface area contributed by atoms with Gasteiger partial charge in [0.15, 0.2) is 0 Å². The summed E-state index contributed by atoms with van der Waals surface area (Å²) in [5, 5.41) is 14.9. The Kier molecular flexibility index (Phi) is 5.83. The normalized spacial score (nSPS) is 14.6. The van der Waals surface area contributed by atoms with Crippen LogP contribution in [0.4, 0.5) is 23.0 Å². The molecule has 2 heterocycles. The van der Waals surface area contributed by atoms with Gasteiger partial charge in [-0.15, -0.1) is 0 Å². The van der Waals surface area contributed by atoms with Crippen molar-refractivity contribution in [2.75, 3.05) is 29.9 Å². The molecule has 0 spiro atoms. The van der Waals surface area contributed by atoms with Gasteiger partial charge in [0.2, 0.25) is 11.6 Å². The fraction of sp³-hybridized carbons (Fsp3) is 0.444. The highest BCUT2D eigenvalue weighted by molar-refractivity contribution is 5.76. The smallest absolute Gasteiger partial charge is 0.353 e. The second-order valence-corrected chi connectivity index (χ2v) is 6.11. The minimum atomic E-state index is -0.411. The lowest BCUT2D eigenvalue weighted by Crippen LogP contribution is -2.26. The summed E-state index contributed by atoms with van der Waals surface area (Å²) in [5.74, 6) is 1.18. The van der Waals surface area contributed by atoms with Crippen molar-refractivity contribution in [2.24, 2.45) is 0 Å². The van der Waals surface area contributed by atoms with Crippen molar-refractivity contribution in [2.45, 2.75) is 32.6 Å². The Morgan fingerprint density at radius 3 is 2.62 bits per heavy atom. The summed E-state index contributed by atoms with van der Waals surface area (Å²) in [6.45, 7) is 3.94. The number of nitro groups is 1. The van der Waals surface area contributed by atoms with Crippen molar-refractivity contribution in [1.82, 2.24) is 9.97 Å². The van der Waals surface area contributed by atoms with E-state index in [-0.39, 0.29) is 11.5 Å². The van der Waals surface area contributed by atoms with Gasteiger partial charge >= 0.3 is 5.69 Å². The Labute approximate surface area is 152 Å². The lowest BCUT2D eigenvalue weighted by Gasteiger charge is -2.21. The molecule has 0 bridgehead atoms. The summed E-state index contributed by atoms with van der Waals surface area (Å²) in [6, 6.07) is 7.32. The van der Waals surface area contributed by atoms with Gasteiger partial charge in [0.05, 0.1) is 17.2 Å². The van der Waals surface area contributed by atoms with E-state index in [4.69, 9.17) is 4.74 Å². The number of rotatable bonds is 6. The Morgan fingerprint density at radius 1 is 1.19 bits per heavy atom. The van der Waals surface area contributed by atoms with Crippen molar-refractivity contribution in [3.05, 3.63) is 40.7 Å². The van der Waals surface area contributed by atoms with E-state index in [1.54, 1.807) is 0 Å². The summed E-state index contributed by atoms with van der Waals surface area (Å²) >= 11 is 0. The highest BCUT2D eigenvalue weighted by Crippen LogP contribution is 2.36. The van der Waals surface area contributed by atoms with Gasteiger partial charge < -0.3 is 15.0 Å².